The van der Waals surface area contributed by atoms with Crippen LogP contribution in [0.15, 0.2) is 16.6 Å². The smallest absolute Gasteiger partial charge is 0.387 e. The fraction of sp³-hybridized carbons (Fsp3) is 0.125. The predicted molar refractivity (Wildman–Crippen MR) is 55.4 cm³/mol. The molecule has 0 aliphatic heterocycles. The molecule has 1 aromatic heterocycles. The monoisotopic (exact) mass is 296 g/mol. The number of nitrogens with one attached hydrogen (secondary N) is 1. The second kappa shape index (κ2) is 3.94. The van der Waals surface area contributed by atoms with E-state index in [9.17, 15) is 8.78 Å². The molecule has 2 rings (SSSR count). The van der Waals surface area contributed by atoms with Gasteiger partial charge in [0.1, 0.15) is 11.3 Å². The summed E-state index contributed by atoms with van der Waals surface area (Å²) >= 11 is 8.82. The van der Waals surface area contributed by atoms with Gasteiger partial charge in [0.15, 0.2) is 0 Å². The van der Waals surface area contributed by atoms with Crippen molar-refractivity contribution in [1.82, 2.24) is 9.97 Å². The van der Waals surface area contributed by atoms with Gasteiger partial charge in [-0.3, -0.25) is 0 Å². The van der Waals surface area contributed by atoms with Crippen molar-refractivity contribution in [3.05, 3.63) is 21.9 Å². The maximum atomic E-state index is 12.0. The van der Waals surface area contributed by atoms with E-state index in [2.05, 4.69) is 30.6 Å². The van der Waals surface area contributed by atoms with Crippen LogP contribution in [0.3, 0.4) is 0 Å². The summed E-state index contributed by atoms with van der Waals surface area (Å²) in [5.41, 5.74) is 1.10. The average Bonchev–Trinajstić information content (AvgIpc) is 2.44. The van der Waals surface area contributed by atoms with Crippen LogP contribution in [-0.4, -0.2) is 16.6 Å². The van der Waals surface area contributed by atoms with Crippen LogP contribution in [-0.2, 0) is 0 Å². The van der Waals surface area contributed by atoms with Gasteiger partial charge in [-0.25, -0.2) is 4.98 Å². The van der Waals surface area contributed by atoms with Gasteiger partial charge in [-0.1, -0.05) is 0 Å². The highest BCUT2D eigenvalue weighted by atomic mass is 79.9. The molecule has 0 atom stereocenters. The number of fused-ring (bicyclic) bond motifs is 1. The van der Waals surface area contributed by atoms with E-state index < -0.39 is 6.61 Å². The second-order valence-corrected chi connectivity index (χ2v) is 3.92. The highest BCUT2D eigenvalue weighted by molar-refractivity contribution is 9.10. The highest BCUT2D eigenvalue weighted by Gasteiger charge is 2.10. The Balaban J connectivity index is 2.51. The first-order chi connectivity index (χ1) is 7.06. The third kappa shape index (κ3) is 2.21. The normalized spacial score (nSPS) is 11.3. The number of hydrogen-bond donors (Lipinski definition) is 1. The molecule has 1 aromatic carbocycles. The number of alkyl halides is 2. The van der Waals surface area contributed by atoms with Crippen molar-refractivity contribution in [1.29, 1.82) is 0 Å². The molecule has 15 heavy (non-hydrogen) atoms. The van der Waals surface area contributed by atoms with E-state index in [0.29, 0.717) is 15.5 Å². The maximum absolute atomic E-state index is 12.0. The van der Waals surface area contributed by atoms with Gasteiger partial charge in [-0.05, 0) is 33.6 Å². The van der Waals surface area contributed by atoms with Crippen LogP contribution in [0.5, 0.6) is 5.75 Å². The third-order valence-corrected chi connectivity index (χ3v) is 2.49. The fourth-order valence-corrected chi connectivity index (χ4v) is 1.91. The number of halogens is 4. The van der Waals surface area contributed by atoms with Gasteiger partial charge in [0.05, 0.1) is 5.52 Å². The summed E-state index contributed by atoms with van der Waals surface area (Å²) < 4.78 is 28.7. The minimum atomic E-state index is -2.85. The van der Waals surface area contributed by atoms with Crippen molar-refractivity contribution in [2.75, 3.05) is 0 Å². The molecule has 80 valence electrons. The topological polar surface area (TPSA) is 37.9 Å². The Kier molecular flexibility index (Phi) is 2.79. The Hall–Kier alpha value is -0.880. The van der Waals surface area contributed by atoms with Crippen LogP contribution < -0.4 is 4.74 Å². The van der Waals surface area contributed by atoms with E-state index in [0.717, 1.165) is 0 Å². The lowest BCUT2D eigenvalue weighted by Crippen LogP contribution is -2.01. The Morgan fingerprint density at radius 3 is 2.87 bits per heavy atom. The molecule has 3 nitrogen and oxygen atoms in total. The quantitative estimate of drug-likeness (QED) is 0.920. The number of aromatic nitrogens is 2. The van der Waals surface area contributed by atoms with Crippen molar-refractivity contribution in [2.45, 2.75) is 6.61 Å². The number of H-pyrrole nitrogens is 1. The fourth-order valence-electron chi connectivity index (χ4n) is 1.19. The number of ether oxygens (including phenoxy) is 1. The van der Waals surface area contributed by atoms with E-state index in [4.69, 9.17) is 11.6 Å². The summed E-state index contributed by atoms with van der Waals surface area (Å²) in [5, 5.41) is 0.194. The molecule has 1 heterocycles. The molecule has 1 N–H and O–H groups in total. The van der Waals surface area contributed by atoms with Gasteiger partial charge >= 0.3 is 6.61 Å². The van der Waals surface area contributed by atoms with Gasteiger partial charge in [-0.2, -0.15) is 8.78 Å². The summed E-state index contributed by atoms with van der Waals surface area (Å²) in [6.45, 7) is -2.85. The lowest BCUT2D eigenvalue weighted by molar-refractivity contribution is -0.0497. The Morgan fingerprint density at radius 1 is 1.47 bits per heavy atom. The summed E-state index contributed by atoms with van der Waals surface area (Å²) in [7, 11) is 0. The molecule has 0 fully saturated rings. The first-order valence-corrected chi connectivity index (χ1v) is 5.03. The Bertz CT molecular complexity index is 503. The van der Waals surface area contributed by atoms with E-state index in [1.165, 1.54) is 12.1 Å². The second-order valence-electron chi connectivity index (χ2n) is 2.71. The molecule has 0 saturated heterocycles. The molecule has 2 aromatic rings. The van der Waals surface area contributed by atoms with Crippen molar-refractivity contribution < 1.29 is 13.5 Å². The summed E-state index contributed by atoms with van der Waals surface area (Å²) in [6, 6.07) is 2.82. The molecule has 0 unspecified atom stereocenters. The molecular formula is C8H4BrClF2N2O. The number of benzene rings is 1. The highest BCUT2D eigenvalue weighted by Crippen LogP contribution is 2.29. The maximum Gasteiger partial charge on any atom is 0.387 e. The summed E-state index contributed by atoms with van der Waals surface area (Å²) in [6.07, 6.45) is 0. The van der Waals surface area contributed by atoms with Crippen LogP contribution in [0.2, 0.25) is 5.28 Å². The molecule has 0 saturated carbocycles. The largest absolute Gasteiger partial charge is 0.435 e. The number of aromatic amines is 1. The molecule has 0 spiro atoms. The van der Waals surface area contributed by atoms with Gasteiger partial charge in [0, 0.05) is 10.5 Å². The molecule has 7 heteroatoms. The zero-order valence-electron chi connectivity index (χ0n) is 7.10. The molecule has 0 aliphatic carbocycles. The first-order valence-electron chi connectivity index (χ1n) is 3.86. The van der Waals surface area contributed by atoms with Crippen molar-refractivity contribution in [2.24, 2.45) is 0 Å². The van der Waals surface area contributed by atoms with E-state index in [1.807, 2.05) is 0 Å². The number of hydrogen-bond acceptors (Lipinski definition) is 2. The van der Waals surface area contributed by atoms with Crippen molar-refractivity contribution >= 4 is 38.6 Å². The Labute approximate surface area is 96.5 Å². The zero-order valence-corrected chi connectivity index (χ0v) is 9.44. The SMILES string of the molecule is FC(F)Oc1cc(Br)c2nc(Cl)[nH]c2c1. The van der Waals surface area contributed by atoms with Crippen LogP contribution in [0.1, 0.15) is 0 Å². The van der Waals surface area contributed by atoms with E-state index >= 15 is 0 Å². The van der Waals surface area contributed by atoms with Crippen LogP contribution in [0.4, 0.5) is 8.78 Å². The molecule has 0 radical (unpaired) electrons. The first kappa shape index (κ1) is 10.6. The third-order valence-electron chi connectivity index (χ3n) is 1.71. The molecule has 0 bridgehead atoms. The molecule has 0 aliphatic rings. The lowest BCUT2D eigenvalue weighted by Gasteiger charge is -2.04. The van der Waals surface area contributed by atoms with Crippen LogP contribution in [0, 0.1) is 0 Å². The summed E-state index contributed by atoms with van der Waals surface area (Å²) in [4.78, 5) is 6.67. The van der Waals surface area contributed by atoms with Crippen molar-refractivity contribution in [3.63, 3.8) is 0 Å². The number of rotatable bonds is 2. The van der Waals surface area contributed by atoms with Gasteiger partial charge in [0.25, 0.3) is 0 Å². The number of imidazole rings is 1. The van der Waals surface area contributed by atoms with Crippen LogP contribution in [0.25, 0.3) is 11.0 Å². The standard InChI is InChI=1S/C8H4BrClF2N2O/c9-4-1-3(15-8(11)12)2-5-6(4)14-7(10)13-5/h1-2,8H,(H,13,14). The van der Waals surface area contributed by atoms with Gasteiger partial charge < -0.3 is 9.72 Å². The predicted octanol–water partition coefficient (Wildman–Crippen LogP) is 3.58. The van der Waals surface area contributed by atoms with Crippen molar-refractivity contribution in [3.8, 4) is 5.75 Å². The summed E-state index contributed by atoms with van der Waals surface area (Å²) in [5.74, 6) is 0.0460. The number of nitrogens with zero attached hydrogens (tertiary/aromatic N) is 1. The Morgan fingerprint density at radius 2 is 2.20 bits per heavy atom. The van der Waals surface area contributed by atoms with E-state index in [1.54, 1.807) is 0 Å². The minimum absolute atomic E-state index is 0.0460. The van der Waals surface area contributed by atoms with Gasteiger partial charge in [0.2, 0.25) is 5.28 Å². The van der Waals surface area contributed by atoms with E-state index in [-0.39, 0.29) is 11.0 Å². The van der Waals surface area contributed by atoms with Gasteiger partial charge in [-0.15, -0.1) is 0 Å². The molecule has 0 amide bonds. The lowest BCUT2D eigenvalue weighted by atomic mass is 10.3. The minimum Gasteiger partial charge on any atom is -0.435 e. The van der Waals surface area contributed by atoms with Crippen LogP contribution >= 0.6 is 27.5 Å². The molecular weight excluding hydrogens is 293 g/mol. The average molecular weight is 297 g/mol. The zero-order chi connectivity index (χ0) is 11.0.